The average Bonchev–Trinajstić information content (AvgIpc) is 3.96. The first-order valence-electron chi connectivity index (χ1n) is 22.3. The van der Waals surface area contributed by atoms with Crippen LogP contribution in [0.25, 0.3) is 111 Å². The zero-order valence-corrected chi connectivity index (χ0v) is 35.9. The zero-order chi connectivity index (χ0) is 43.2. The topological polar surface area (TPSA) is 48.5 Å². The highest BCUT2D eigenvalue weighted by Crippen LogP contribution is 2.49. The lowest BCUT2D eigenvalue weighted by atomic mass is 9.82. The number of para-hydroxylation sites is 3. The molecule has 0 atom stereocenters. The fraction of sp³-hybridized carbons (Fsp3) is 0.0500. The van der Waals surface area contributed by atoms with E-state index in [1.807, 2.05) is 0 Å². The molecule has 13 rings (SSSR count). The largest absolute Gasteiger partial charge is 0.309 e. The van der Waals surface area contributed by atoms with Crippen LogP contribution < -0.4 is 0 Å². The van der Waals surface area contributed by atoms with Gasteiger partial charge in [0.25, 0.3) is 0 Å². The standard InChI is InChI=1S/C60H41N5/c1-60(2)51-25-12-9-22-45(51)46-31-28-42(37-52(46)60)59-62-57(61-58(63-59)41-30-33-55-50(36-41)48-24-10-13-26-53(48)64(55)43-19-7-4-8-20-43)40-18-15-21-44(34-40)65-54-27-14-11-23-47(54)49-35-39(29-32-56(49)65)38-16-5-3-6-17-38/h3-37H,1-2H3. The molecule has 0 saturated carbocycles. The van der Waals surface area contributed by atoms with Crippen molar-refractivity contribution in [2.75, 3.05) is 0 Å². The summed E-state index contributed by atoms with van der Waals surface area (Å²) in [6.45, 7) is 4.63. The molecule has 65 heavy (non-hydrogen) atoms. The second-order valence-corrected chi connectivity index (χ2v) is 17.7. The first kappa shape index (κ1) is 37.2. The molecule has 0 bridgehead atoms. The molecule has 9 aromatic carbocycles. The minimum absolute atomic E-state index is 0.170. The van der Waals surface area contributed by atoms with E-state index in [-0.39, 0.29) is 5.41 Å². The van der Waals surface area contributed by atoms with Crippen LogP contribution in [0.4, 0.5) is 0 Å². The van der Waals surface area contributed by atoms with E-state index < -0.39 is 0 Å². The Balaban J connectivity index is 1.000. The van der Waals surface area contributed by atoms with Gasteiger partial charge in [-0.15, -0.1) is 0 Å². The summed E-state index contributed by atoms with van der Waals surface area (Å²) in [5.74, 6) is 1.89. The Morgan fingerprint density at radius 1 is 0.308 bits per heavy atom. The summed E-state index contributed by atoms with van der Waals surface area (Å²) < 4.78 is 4.70. The Morgan fingerprint density at radius 2 is 0.769 bits per heavy atom. The predicted octanol–water partition coefficient (Wildman–Crippen LogP) is 15.0. The van der Waals surface area contributed by atoms with Crippen molar-refractivity contribution in [3.8, 4) is 67.8 Å². The van der Waals surface area contributed by atoms with E-state index in [0.717, 1.165) is 55.5 Å². The van der Waals surface area contributed by atoms with Crippen molar-refractivity contribution in [2.45, 2.75) is 19.3 Å². The van der Waals surface area contributed by atoms with Gasteiger partial charge in [0.05, 0.1) is 22.1 Å². The SMILES string of the molecule is CC1(C)c2ccccc2-c2ccc(-c3nc(-c4cccc(-n5c6ccccc6c6cc(-c7ccccc7)ccc65)c4)nc(-c4ccc5c(c4)c4ccccc4n5-c4ccccc4)n3)cc21. The first-order valence-corrected chi connectivity index (χ1v) is 22.3. The number of hydrogen-bond acceptors (Lipinski definition) is 3. The highest BCUT2D eigenvalue weighted by Gasteiger charge is 2.35. The van der Waals surface area contributed by atoms with E-state index in [1.54, 1.807) is 0 Å². The van der Waals surface area contributed by atoms with Crippen molar-refractivity contribution in [3.05, 3.63) is 223 Å². The van der Waals surface area contributed by atoms with E-state index in [2.05, 4.69) is 235 Å². The van der Waals surface area contributed by atoms with Crippen LogP contribution in [0, 0.1) is 0 Å². The van der Waals surface area contributed by atoms with Crippen molar-refractivity contribution in [1.82, 2.24) is 24.1 Å². The molecule has 5 heteroatoms. The van der Waals surface area contributed by atoms with Crippen molar-refractivity contribution >= 4 is 43.6 Å². The third kappa shape index (κ3) is 5.82. The molecule has 0 unspecified atom stereocenters. The Kier molecular flexibility index (Phi) is 8.18. The molecule has 0 radical (unpaired) electrons. The number of nitrogens with zero attached hydrogens (tertiary/aromatic N) is 5. The number of aromatic nitrogens is 5. The second kappa shape index (κ2) is 14.3. The van der Waals surface area contributed by atoms with E-state index in [0.29, 0.717) is 17.5 Å². The maximum Gasteiger partial charge on any atom is 0.164 e. The Morgan fingerprint density at radius 3 is 1.46 bits per heavy atom. The number of fused-ring (bicyclic) bond motifs is 9. The van der Waals surface area contributed by atoms with Crippen LogP contribution in [-0.2, 0) is 5.41 Å². The van der Waals surface area contributed by atoms with Gasteiger partial charge in [0.15, 0.2) is 17.5 Å². The summed E-state index contributed by atoms with van der Waals surface area (Å²) in [6.07, 6.45) is 0. The van der Waals surface area contributed by atoms with Crippen molar-refractivity contribution in [2.24, 2.45) is 0 Å². The fourth-order valence-electron chi connectivity index (χ4n) is 10.4. The second-order valence-electron chi connectivity index (χ2n) is 17.7. The smallest absolute Gasteiger partial charge is 0.164 e. The van der Waals surface area contributed by atoms with Gasteiger partial charge in [-0.1, -0.05) is 153 Å². The molecule has 12 aromatic rings. The Bertz CT molecular complexity index is 3860. The highest BCUT2D eigenvalue weighted by molar-refractivity contribution is 6.11. The van der Waals surface area contributed by atoms with Gasteiger partial charge in [0.1, 0.15) is 0 Å². The van der Waals surface area contributed by atoms with Gasteiger partial charge in [0.2, 0.25) is 0 Å². The monoisotopic (exact) mass is 831 g/mol. The minimum Gasteiger partial charge on any atom is -0.309 e. The molecule has 0 fully saturated rings. The molecule has 3 aromatic heterocycles. The van der Waals surface area contributed by atoms with Gasteiger partial charge in [-0.25, -0.2) is 15.0 Å². The quantitative estimate of drug-likeness (QED) is 0.168. The average molecular weight is 832 g/mol. The molecule has 0 N–H and O–H groups in total. The van der Waals surface area contributed by atoms with Crippen LogP contribution >= 0.6 is 0 Å². The van der Waals surface area contributed by atoms with Crippen LogP contribution in [0.2, 0.25) is 0 Å². The molecular weight excluding hydrogens is 791 g/mol. The molecule has 0 spiro atoms. The lowest BCUT2D eigenvalue weighted by molar-refractivity contribution is 0.660. The van der Waals surface area contributed by atoms with E-state index >= 15 is 0 Å². The summed E-state index contributed by atoms with van der Waals surface area (Å²) in [5, 5.41) is 4.74. The molecular formula is C60H41N5. The molecule has 0 saturated heterocycles. The van der Waals surface area contributed by atoms with Gasteiger partial charge in [0, 0.05) is 55.0 Å². The van der Waals surface area contributed by atoms with Crippen LogP contribution in [0.15, 0.2) is 212 Å². The van der Waals surface area contributed by atoms with E-state index in [4.69, 9.17) is 15.0 Å². The molecule has 1 aliphatic carbocycles. The Hall–Kier alpha value is -8.41. The van der Waals surface area contributed by atoms with Gasteiger partial charge in [-0.2, -0.15) is 0 Å². The number of hydrogen-bond donors (Lipinski definition) is 0. The van der Waals surface area contributed by atoms with Crippen LogP contribution in [0.5, 0.6) is 0 Å². The van der Waals surface area contributed by atoms with Gasteiger partial charge < -0.3 is 9.13 Å². The summed E-state index contributed by atoms with van der Waals surface area (Å²) >= 11 is 0. The fourth-order valence-corrected chi connectivity index (χ4v) is 10.4. The maximum atomic E-state index is 5.34. The summed E-state index contributed by atoms with van der Waals surface area (Å²) in [6, 6.07) is 76.0. The molecule has 0 amide bonds. The summed E-state index contributed by atoms with van der Waals surface area (Å²) in [4.78, 5) is 16.0. The Labute approximate surface area is 376 Å². The lowest BCUT2D eigenvalue weighted by Crippen LogP contribution is -2.15. The first-order chi connectivity index (χ1) is 32.0. The van der Waals surface area contributed by atoms with Crippen LogP contribution in [0.3, 0.4) is 0 Å². The van der Waals surface area contributed by atoms with Gasteiger partial charge in [-0.3, -0.25) is 0 Å². The third-order valence-corrected chi connectivity index (χ3v) is 13.6. The molecule has 1 aliphatic rings. The summed E-state index contributed by atoms with van der Waals surface area (Å²) in [5.41, 5.74) is 16.9. The minimum atomic E-state index is -0.170. The van der Waals surface area contributed by atoms with Crippen LogP contribution in [0.1, 0.15) is 25.0 Å². The molecule has 5 nitrogen and oxygen atoms in total. The van der Waals surface area contributed by atoms with E-state index in [1.165, 1.54) is 49.5 Å². The maximum absolute atomic E-state index is 5.34. The van der Waals surface area contributed by atoms with Crippen molar-refractivity contribution in [3.63, 3.8) is 0 Å². The zero-order valence-electron chi connectivity index (χ0n) is 35.9. The molecule has 3 heterocycles. The highest BCUT2D eigenvalue weighted by atomic mass is 15.0. The number of rotatable bonds is 6. The van der Waals surface area contributed by atoms with Gasteiger partial charge in [-0.05, 0) is 106 Å². The van der Waals surface area contributed by atoms with Crippen molar-refractivity contribution in [1.29, 1.82) is 0 Å². The molecule has 0 aliphatic heterocycles. The molecule has 306 valence electrons. The normalized spacial score (nSPS) is 12.9. The van der Waals surface area contributed by atoms with Crippen LogP contribution in [-0.4, -0.2) is 24.1 Å². The van der Waals surface area contributed by atoms with Gasteiger partial charge >= 0.3 is 0 Å². The lowest BCUT2D eigenvalue weighted by Gasteiger charge is -2.21. The van der Waals surface area contributed by atoms with E-state index in [9.17, 15) is 0 Å². The number of benzene rings is 9. The predicted molar refractivity (Wildman–Crippen MR) is 268 cm³/mol. The van der Waals surface area contributed by atoms with Crippen molar-refractivity contribution < 1.29 is 0 Å². The summed E-state index contributed by atoms with van der Waals surface area (Å²) in [7, 11) is 0. The third-order valence-electron chi connectivity index (χ3n) is 13.6.